The second kappa shape index (κ2) is 4.60. The van der Waals surface area contributed by atoms with E-state index >= 15 is 0 Å². The Bertz CT molecular complexity index is 297. The molecule has 1 heterocycles. The van der Waals surface area contributed by atoms with E-state index in [4.69, 9.17) is 4.84 Å². The second-order valence-corrected chi connectivity index (χ2v) is 4.67. The maximum atomic E-state index is 11.3. The Morgan fingerprint density at radius 1 is 1.40 bits per heavy atom. The van der Waals surface area contributed by atoms with Gasteiger partial charge in [-0.2, -0.15) is 0 Å². The zero-order chi connectivity index (χ0) is 11.5. The van der Waals surface area contributed by atoms with Crippen molar-refractivity contribution in [3.8, 4) is 0 Å². The molecular weight excluding hydrogens is 194 g/mol. The standard InChI is InChI=1S/C11H17NO3/c1-11(2,3)15-12-6-4-5-10(14)7-9(12)8-13/h4-7H2,1-3H3. The molecule has 0 unspecified atom stereocenters. The van der Waals surface area contributed by atoms with E-state index in [1.165, 1.54) is 5.06 Å². The van der Waals surface area contributed by atoms with Crippen LogP contribution in [0.15, 0.2) is 5.70 Å². The van der Waals surface area contributed by atoms with E-state index in [-0.39, 0.29) is 17.8 Å². The van der Waals surface area contributed by atoms with Crippen molar-refractivity contribution in [3.63, 3.8) is 0 Å². The molecule has 4 heteroatoms. The summed E-state index contributed by atoms with van der Waals surface area (Å²) >= 11 is 0. The normalized spacial score (nSPS) is 18.7. The summed E-state index contributed by atoms with van der Waals surface area (Å²) in [7, 11) is 0. The molecule has 0 aromatic heterocycles. The number of allylic oxidation sites excluding steroid dienone is 1. The van der Waals surface area contributed by atoms with E-state index < -0.39 is 0 Å². The van der Waals surface area contributed by atoms with E-state index in [1.54, 1.807) is 5.94 Å². The minimum atomic E-state index is -0.366. The lowest BCUT2D eigenvalue weighted by atomic mass is 10.2. The van der Waals surface area contributed by atoms with Crippen LogP contribution >= 0.6 is 0 Å². The minimum Gasteiger partial charge on any atom is -0.299 e. The van der Waals surface area contributed by atoms with E-state index in [2.05, 4.69) is 0 Å². The monoisotopic (exact) mass is 211 g/mol. The first-order valence-corrected chi connectivity index (χ1v) is 5.15. The second-order valence-electron chi connectivity index (χ2n) is 4.67. The highest BCUT2D eigenvalue weighted by atomic mass is 16.7. The number of hydroxylamine groups is 2. The number of rotatable bonds is 1. The summed E-state index contributed by atoms with van der Waals surface area (Å²) in [6, 6.07) is 0. The first-order chi connectivity index (χ1) is 6.92. The maximum absolute atomic E-state index is 11.3. The molecule has 0 amide bonds. The van der Waals surface area contributed by atoms with Crippen molar-refractivity contribution in [3.05, 3.63) is 5.70 Å². The van der Waals surface area contributed by atoms with Gasteiger partial charge in [-0.3, -0.25) is 9.63 Å². The molecule has 1 aliphatic rings. The largest absolute Gasteiger partial charge is 0.299 e. The predicted octanol–water partition coefficient (Wildman–Crippen LogP) is 1.49. The summed E-state index contributed by atoms with van der Waals surface area (Å²) in [6.07, 6.45) is 1.37. The van der Waals surface area contributed by atoms with Crippen LogP contribution in [0.3, 0.4) is 0 Å². The fourth-order valence-corrected chi connectivity index (χ4v) is 1.44. The quantitative estimate of drug-likeness (QED) is 0.616. The zero-order valence-electron chi connectivity index (χ0n) is 9.50. The van der Waals surface area contributed by atoms with Gasteiger partial charge >= 0.3 is 0 Å². The minimum absolute atomic E-state index is 0.0772. The van der Waals surface area contributed by atoms with Crippen molar-refractivity contribution in [1.29, 1.82) is 0 Å². The number of ketones is 1. The van der Waals surface area contributed by atoms with Gasteiger partial charge in [0.25, 0.3) is 0 Å². The Labute approximate surface area is 89.8 Å². The molecule has 0 bridgehead atoms. The number of Topliss-reactive ketones (excluding diaryl/α,β-unsaturated/α-hetero) is 1. The Balaban J connectivity index is 2.77. The summed E-state index contributed by atoms with van der Waals surface area (Å²) in [5.41, 5.74) is -0.0532. The number of hydrogen-bond acceptors (Lipinski definition) is 4. The van der Waals surface area contributed by atoms with Crippen molar-refractivity contribution in [2.45, 2.75) is 45.6 Å². The Morgan fingerprint density at radius 3 is 2.60 bits per heavy atom. The van der Waals surface area contributed by atoms with Crippen LogP contribution in [0, 0.1) is 0 Å². The molecule has 0 aromatic carbocycles. The predicted molar refractivity (Wildman–Crippen MR) is 55.6 cm³/mol. The SMILES string of the molecule is CC(C)(C)ON1CCCC(=O)CC1=C=O. The van der Waals surface area contributed by atoms with Gasteiger partial charge in [0.15, 0.2) is 0 Å². The molecule has 1 saturated heterocycles. The van der Waals surface area contributed by atoms with Gasteiger partial charge in [0.1, 0.15) is 17.4 Å². The van der Waals surface area contributed by atoms with Crippen molar-refractivity contribution >= 4 is 11.7 Å². The summed E-state index contributed by atoms with van der Waals surface area (Å²) in [5.74, 6) is 1.87. The molecule has 0 radical (unpaired) electrons. The van der Waals surface area contributed by atoms with Gasteiger partial charge in [0, 0.05) is 13.0 Å². The average molecular weight is 211 g/mol. The van der Waals surface area contributed by atoms with E-state index in [9.17, 15) is 9.59 Å². The molecule has 0 spiro atoms. The number of carbonyl (C=O) groups excluding carboxylic acids is 2. The Morgan fingerprint density at radius 2 is 2.07 bits per heavy atom. The molecule has 0 atom stereocenters. The molecule has 0 aromatic rings. The maximum Gasteiger partial charge on any atom is 0.148 e. The lowest BCUT2D eigenvalue weighted by Crippen LogP contribution is -2.33. The van der Waals surface area contributed by atoms with Gasteiger partial charge in [-0.05, 0) is 27.2 Å². The molecular formula is C11H17NO3. The smallest absolute Gasteiger partial charge is 0.148 e. The molecule has 0 aliphatic carbocycles. The molecule has 1 rings (SSSR count). The summed E-state index contributed by atoms with van der Waals surface area (Å²) in [4.78, 5) is 27.6. The first kappa shape index (κ1) is 12.0. The van der Waals surface area contributed by atoms with Gasteiger partial charge in [0.2, 0.25) is 0 Å². The van der Waals surface area contributed by atoms with Crippen LogP contribution in [0.25, 0.3) is 0 Å². The van der Waals surface area contributed by atoms with Crippen LogP contribution in [-0.4, -0.2) is 28.9 Å². The van der Waals surface area contributed by atoms with Crippen LogP contribution in [0.2, 0.25) is 0 Å². The van der Waals surface area contributed by atoms with Gasteiger partial charge in [-0.1, -0.05) is 0 Å². The van der Waals surface area contributed by atoms with E-state index in [1.807, 2.05) is 20.8 Å². The van der Waals surface area contributed by atoms with Gasteiger partial charge in [-0.15, -0.1) is 0 Å². The van der Waals surface area contributed by atoms with E-state index in [0.29, 0.717) is 18.7 Å². The van der Waals surface area contributed by atoms with Gasteiger partial charge in [0.05, 0.1) is 12.0 Å². The summed E-state index contributed by atoms with van der Waals surface area (Å²) in [5, 5.41) is 1.51. The highest BCUT2D eigenvalue weighted by molar-refractivity contribution is 5.83. The van der Waals surface area contributed by atoms with Crippen LogP contribution in [-0.2, 0) is 14.4 Å². The topological polar surface area (TPSA) is 46.6 Å². The van der Waals surface area contributed by atoms with E-state index in [0.717, 1.165) is 6.42 Å². The van der Waals surface area contributed by atoms with Crippen LogP contribution in [0.1, 0.15) is 40.0 Å². The number of nitrogens with zero attached hydrogens (tertiary/aromatic N) is 1. The fraction of sp³-hybridized carbons (Fsp3) is 0.727. The fourth-order valence-electron chi connectivity index (χ4n) is 1.44. The van der Waals surface area contributed by atoms with Crippen LogP contribution in [0.4, 0.5) is 0 Å². The zero-order valence-corrected chi connectivity index (χ0v) is 9.50. The number of carbonyl (C=O) groups is 1. The van der Waals surface area contributed by atoms with Crippen LogP contribution < -0.4 is 0 Å². The molecule has 1 fully saturated rings. The van der Waals surface area contributed by atoms with Crippen molar-refractivity contribution in [1.82, 2.24) is 5.06 Å². The third kappa shape index (κ3) is 3.86. The van der Waals surface area contributed by atoms with Crippen LogP contribution in [0.5, 0.6) is 0 Å². The third-order valence-electron chi connectivity index (χ3n) is 1.98. The first-order valence-electron chi connectivity index (χ1n) is 5.15. The van der Waals surface area contributed by atoms with Gasteiger partial charge < -0.3 is 0 Å². The average Bonchev–Trinajstić information content (AvgIpc) is 2.25. The highest BCUT2D eigenvalue weighted by Gasteiger charge is 2.24. The molecule has 84 valence electrons. The Kier molecular flexibility index (Phi) is 3.66. The molecule has 15 heavy (non-hydrogen) atoms. The molecule has 0 N–H and O–H groups in total. The third-order valence-corrected chi connectivity index (χ3v) is 1.98. The lowest BCUT2D eigenvalue weighted by molar-refractivity contribution is -0.206. The number of hydrogen-bond donors (Lipinski definition) is 0. The highest BCUT2D eigenvalue weighted by Crippen LogP contribution is 2.20. The molecule has 0 saturated carbocycles. The molecule has 1 aliphatic heterocycles. The van der Waals surface area contributed by atoms with Crippen molar-refractivity contribution < 1.29 is 14.4 Å². The Hall–Kier alpha value is -1.12. The van der Waals surface area contributed by atoms with Crippen molar-refractivity contribution in [2.75, 3.05) is 6.54 Å². The van der Waals surface area contributed by atoms with Gasteiger partial charge in [-0.25, -0.2) is 9.86 Å². The lowest BCUT2D eigenvalue weighted by Gasteiger charge is -2.30. The molecule has 4 nitrogen and oxygen atoms in total. The summed E-state index contributed by atoms with van der Waals surface area (Å²) < 4.78 is 0. The van der Waals surface area contributed by atoms with Crippen molar-refractivity contribution in [2.24, 2.45) is 0 Å². The summed E-state index contributed by atoms with van der Waals surface area (Å²) in [6.45, 7) is 6.29.